The van der Waals surface area contributed by atoms with Crippen molar-refractivity contribution < 1.29 is 4.79 Å². The SMILES string of the molecule is C=CCNC(=O)C(C)Cn1nc(C)c(Br)c1C. The number of rotatable bonds is 5. The van der Waals surface area contributed by atoms with Gasteiger partial charge in [-0.3, -0.25) is 9.48 Å². The molecule has 0 aliphatic rings. The number of amides is 1. The van der Waals surface area contributed by atoms with Crippen LogP contribution in [0.2, 0.25) is 0 Å². The van der Waals surface area contributed by atoms with E-state index in [2.05, 4.69) is 32.9 Å². The Kier molecular flexibility index (Phi) is 4.93. The predicted octanol–water partition coefficient (Wildman–Crippen LogP) is 2.20. The van der Waals surface area contributed by atoms with E-state index in [4.69, 9.17) is 0 Å². The van der Waals surface area contributed by atoms with Crippen LogP contribution in [-0.4, -0.2) is 22.2 Å². The normalized spacial score (nSPS) is 12.2. The molecule has 1 atom stereocenters. The van der Waals surface area contributed by atoms with Crippen LogP contribution in [0.5, 0.6) is 0 Å². The van der Waals surface area contributed by atoms with Gasteiger partial charge in [0, 0.05) is 12.2 Å². The predicted molar refractivity (Wildman–Crippen MR) is 71.8 cm³/mol. The molecule has 1 aromatic rings. The third-order valence-corrected chi connectivity index (χ3v) is 3.76. The Balaban J connectivity index is 2.67. The van der Waals surface area contributed by atoms with Crippen molar-refractivity contribution in [3.05, 3.63) is 28.5 Å². The van der Waals surface area contributed by atoms with E-state index in [0.29, 0.717) is 13.1 Å². The first-order valence-corrected chi connectivity index (χ1v) is 6.34. The highest BCUT2D eigenvalue weighted by molar-refractivity contribution is 9.10. The van der Waals surface area contributed by atoms with Crippen molar-refractivity contribution in [2.24, 2.45) is 5.92 Å². The Morgan fingerprint density at radius 2 is 2.29 bits per heavy atom. The van der Waals surface area contributed by atoms with E-state index in [1.165, 1.54) is 0 Å². The molecular weight excluding hydrogens is 282 g/mol. The second-order valence-corrected chi connectivity index (χ2v) is 4.89. The summed E-state index contributed by atoms with van der Waals surface area (Å²) in [6, 6.07) is 0. The Hall–Kier alpha value is -1.10. The standard InChI is InChI=1S/C12H18BrN3O/c1-5-6-14-12(17)8(2)7-16-10(4)11(13)9(3)15-16/h5,8H,1,6-7H2,2-4H3,(H,14,17). The zero-order valence-corrected chi connectivity index (χ0v) is 12.0. The Morgan fingerprint density at radius 1 is 1.65 bits per heavy atom. The van der Waals surface area contributed by atoms with Crippen LogP contribution < -0.4 is 5.32 Å². The highest BCUT2D eigenvalue weighted by Gasteiger charge is 2.16. The van der Waals surface area contributed by atoms with Gasteiger partial charge in [-0.05, 0) is 29.8 Å². The van der Waals surface area contributed by atoms with Gasteiger partial charge in [-0.1, -0.05) is 13.0 Å². The zero-order chi connectivity index (χ0) is 13.0. The van der Waals surface area contributed by atoms with Crippen molar-refractivity contribution >= 4 is 21.8 Å². The lowest BCUT2D eigenvalue weighted by molar-refractivity contribution is -0.124. The summed E-state index contributed by atoms with van der Waals surface area (Å²) in [6.07, 6.45) is 1.67. The minimum Gasteiger partial charge on any atom is -0.352 e. The molecule has 1 aromatic heterocycles. The van der Waals surface area contributed by atoms with E-state index >= 15 is 0 Å². The molecular formula is C12H18BrN3O. The van der Waals surface area contributed by atoms with E-state index in [1.807, 2.05) is 25.5 Å². The summed E-state index contributed by atoms with van der Waals surface area (Å²) in [5.74, 6) is -0.0894. The Labute approximate surface area is 110 Å². The van der Waals surface area contributed by atoms with Crippen LogP contribution >= 0.6 is 15.9 Å². The second kappa shape index (κ2) is 6.00. The van der Waals surface area contributed by atoms with Crippen LogP contribution in [0.1, 0.15) is 18.3 Å². The number of hydrogen-bond donors (Lipinski definition) is 1. The number of hydrogen-bond acceptors (Lipinski definition) is 2. The van der Waals surface area contributed by atoms with Crippen molar-refractivity contribution in [1.82, 2.24) is 15.1 Å². The van der Waals surface area contributed by atoms with Crippen LogP contribution in [0.15, 0.2) is 17.1 Å². The summed E-state index contributed by atoms with van der Waals surface area (Å²) in [6.45, 7) is 10.5. The molecule has 0 aliphatic heterocycles. The molecule has 0 saturated carbocycles. The van der Waals surface area contributed by atoms with Gasteiger partial charge in [0.05, 0.1) is 22.6 Å². The molecule has 5 heteroatoms. The number of halogens is 1. The molecule has 94 valence electrons. The first-order valence-electron chi connectivity index (χ1n) is 5.55. The molecule has 0 spiro atoms. The van der Waals surface area contributed by atoms with Crippen molar-refractivity contribution in [2.45, 2.75) is 27.3 Å². The van der Waals surface area contributed by atoms with E-state index < -0.39 is 0 Å². The summed E-state index contributed by atoms with van der Waals surface area (Å²) in [4.78, 5) is 11.7. The molecule has 0 saturated heterocycles. The fraction of sp³-hybridized carbons (Fsp3) is 0.500. The first-order chi connectivity index (χ1) is 7.97. The molecule has 1 rings (SSSR count). The van der Waals surface area contributed by atoms with Gasteiger partial charge in [0.1, 0.15) is 0 Å². The van der Waals surface area contributed by atoms with Gasteiger partial charge in [0.25, 0.3) is 0 Å². The highest BCUT2D eigenvalue weighted by atomic mass is 79.9. The minimum atomic E-state index is -0.111. The molecule has 4 nitrogen and oxygen atoms in total. The maximum Gasteiger partial charge on any atom is 0.224 e. The number of aryl methyl sites for hydroxylation is 1. The van der Waals surface area contributed by atoms with Gasteiger partial charge in [-0.25, -0.2) is 0 Å². The van der Waals surface area contributed by atoms with Crippen molar-refractivity contribution in [3.63, 3.8) is 0 Å². The first kappa shape index (κ1) is 14.0. The lowest BCUT2D eigenvalue weighted by Crippen LogP contribution is -2.32. The molecule has 1 N–H and O–H groups in total. The van der Waals surface area contributed by atoms with Crippen LogP contribution in [0.4, 0.5) is 0 Å². The Morgan fingerprint density at radius 3 is 2.76 bits per heavy atom. The highest BCUT2D eigenvalue weighted by Crippen LogP contribution is 2.20. The molecule has 17 heavy (non-hydrogen) atoms. The molecule has 1 amide bonds. The van der Waals surface area contributed by atoms with Gasteiger partial charge < -0.3 is 5.32 Å². The number of carbonyl (C=O) groups excluding carboxylic acids is 1. The average Bonchev–Trinajstić information content (AvgIpc) is 2.54. The summed E-state index contributed by atoms with van der Waals surface area (Å²) in [5, 5.41) is 7.17. The maximum absolute atomic E-state index is 11.7. The van der Waals surface area contributed by atoms with Gasteiger partial charge >= 0.3 is 0 Å². The summed E-state index contributed by atoms with van der Waals surface area (Å²) >= 11 is 3.47. The van der Waals surface area contributed by atoms with Gasteiger partial charge in [0.15, 0.2) is 0 Å². The summed E-state index contributed by atoms with van der Waals surface area (Å²) in [5.41, 5.74) is 1.99. The van der Waals surface area contributed by atoms with Gasteiger partial charge in [-0.15, -0.1) is 6.58 Å². The fourth-order valence-corrected chi connectivity index (χ4v) is 1.83. The molecule has 1 unspecified atom stereocenters. The van der Waals surface area contributed by atoms with Crippen LogP contribution in [-0.2, 0) is 11.3 Å². The maximum atomic E-state index is 11.7. The average molecular weight is 300 g/mol. The number of nitrogens with one attached hydrogen (secondary N) is 1. The Bertz CT molecular complexity index is 426. The number of carbonyl (C=O) groups is 1. The number of nitrogens with zero attached hydrogens (tertiary/aromatic N) is 2. The smallest absolute Gasteiger partial charge is 0.224 e. The van der Waals surface area contributed by atoms with Crippen LogP contribution in [0.25, 0.3) is 0 Å². The van der Waals surface area contributed by atoms with Crippen LogP contribution in [0.3, 0.4) is 0 Å². The molecule has 0 bridgehead atoms. The third kappa shape index (κ3) is 3.43. The second-order valence-electron chi connectivity index (χ2n) is 4.10. The quantitative estimate of drug-likeness (QED) is 0.847. The molecule has 1 heterocycles. The lowest BCUT2D eigenvalue weighted by atomic mass is 10.1. The van der Waals surface area contributed by atoms with Gasteiger partial charge in [-0.2, -0.15) is 5.10 Å². The van der Waals surface area contributed by atoms with E-state index in [-0.39, 0.29) is 11.8 Å². The topological polar surface area (TPSA) is 46.9 Å². The van der Waals surface area contributed by atoms with Crippen molar-refractivity contribution in [1.29, 1.82) is 0 Å². The number of aromatic nitrogens is 2. The molecule has 0 radical (unpaired) electrons. The monoisotopic (exact) mass is 299 g/mol. The van der Waals surface area contributed by atoms with Gasteiger partial charge in [0.2, 0.25) is 5.91 Å². The van der Waals surface area contributed by atoms with E-state index in [0.717, 1.165) is 15.9 Å². The third-order valence-electron chi connectivity index (χ3n) is 2.61. The summed E-state index contributed by atoms with van der Waals surface area (Å²) < 4.78 is 2.87. The minimum absolute atomic E-state index is 0.0218. The summed E-state index contributed by atoms with van der Waals surface area (Å²) in [7, 11) is 0. The van der Waals surface area contributed by atoms with Crippen molar-refractivity contribution in [3.8, 4) is 0 Å². The zero-order valence-electron chi connectivity index (χ0n) is 10.5. The van der Waals surface area contributed by atoms with Crippen molar-refractivity contribution in [2.75, 3.05) is 6.54 Å². The van der Waals surface area contributed by atoms with E-state index in [9.17, 15) is 4.79 Å². The fourth-order valence-electron chi connectivity index (χ4n) is 1.54. The van der Waals surface area contributed by atoms with Crippen LogP contribution in [0, 0.1) is 19.8 Å². The largest absolute Gasteiger partial charge is 0.352 e. The lowest BCUT2D eigenvalue weighted by Gasteiger charge is -2.12. The molecule has 0 aliphatic carbocycles. The van der Waals surface area contributed by atoms with E-state index in [1.54, 1.807) is 6.08 Å². The molecule has 0 aromatic carbocycles. The molecule has 0 fully saturated rings.